The number of aromatic nitrogens is 1. The summed E-state index contributed by atoms with van der Waals surface area (Å²) in [4.78, 5) is 16.0. The SMILES string of the molecule is CNc1ccc(Cl)c(C(=O)NCC(C)SC)n1. The topological polar surface area (TPSA) is 54.0 Å². The Labute approximate surface area is 111 Å². The Kier molecular flexibility index (Phi) is 5.58. The normalized spacial score (nSPS) is 12.0. The smallest absolute Gasteiger partial charge is 0.271 e. The van der Waals surface area contributed by atoms with Gasteiger partial charge in [0.25, 0.3) is 5.91 Å². The minimum absolute atomic E-state index is 0.243. The Hall–Kier alpha value is -0.940. The maximum Gasteiger partial charge on any atom is 0.271 e. The second-order valence-corrected chi connectivity index (χ2v) is 5.22. The zero-order chi connectivity index (χ0) is 12.8. The van der Waals surface area contributed by atoms with Gasteiger partial charge in [-0.2, -0.15) is 11.8 Å². The average molecular weight is 274 g/mol. The third-order valence-corrected chi connectivity index (χ3v) is 3.55. The molecule has 6 heteroatoms. The van der Waals surface area contributed by atoms with Gasteiger partial charge in [0.05, 0.1) is 5.02 Å². The average Bonchev–Trinajstić information content (AvgIpc) is 2.36. The Morgan fingerprint density at radius 2 is 2.29 bits per heavy atom. The number of hydrogen-bond acceptors (Lipinski definition) is 4. The summed E-state index contributed by atoms with van der Waals surface area (Å²) in [6.07, 6.45) is 2.00. The number of amides is 1. The highest BCUT2D eigenvalue weighted by Crippen LogP contribution is 2.16. The van der Waals surface area contributed by atoms with Crippen molar-refractivity contribution in [2.24, 2.45) is 0 Å². The van der Waals surface area contributed by atoms with Crippen LogP contribution in [0.1, 0.15) is 17.4 Å². The van der Waals surface area contributed by atoms with E-state index in [0.717, 1.165) is 0 Å². The van der Waals surface area contributed by atoms with Crippen molar-refractivity contribution in [3.63, 3.8) is 0 Å². The summed E-state index contributed by atoms with van der Waals surface area (Å²) in [7, 11) is 1.74. The molecule has 1 atom stereocenters. The molecular formula is C11H16ClN3OS. The number of rotatable bonds is 5. The fourth-order valence-corrected chi connectivity index (χ4v) is 1.59. The zero-order valence-electron chi connectivity index (χ0n) is 10.1. The maximum atomic E-state index is 11.9. The number of nitrogens with one attached hydrogen (secondary N) is 2. The first-order valence-corrected chi connectivity index (χ1v) is 6.90. The molecule has 1 aromatic heterocycles. The predicted molar refractivity (Wildman–Crippen MR) is 74.1 cm³/mol. The second kappa shape index (κ2) is 6.71. The van der Waals surface area contributed by atoms with E-state index in [0.29, 0.717) is 22.6 Å². The Bertz CT molecular complexity index is 400. The molecule has 0 fully saturated rings. The van der Waals surface area contributed by atoms with E-state index in [4.69, 9.17) is 11.6 Å². The molecule has 0 aliphatic heterocycles. The third kappa shape index (κ3) is 4.09. The van der Waals surface area contributed by atoms with Crippen LogP contribution < -0.4 is 10.6 Å². The lowest BCUT2D eigenvalue weighted by Gasteiger charge is -2.10. The molecule has 0 aliphatic rings. The number of carbonyl (C=O) groups is 1. The van der Waals surface area contributed by atoms with E-state index in [1.807, 2.05) is 13.2 Å². The Balaban J connectivity index is 2.74. The molecule has 17 heavy (non-hydrogen) atoms. The van der Waals surface area contributed by atoms with Crippen molar-refractivity contribution in [3.8, 4) is 0 Å². The van der Waals surface area contributed by atoms with Crippen LogP contribution >= 0.6 is 23.4 Å². The third-order valence-electron chi connectivity index (χ3n) is 2.27. The standard InChI is InChI=1S/C11H16ClN3OS/c1-7(17-3)6-14-11(16)10-8(12)4-5-9(13-2)15-10/h4-5,7H,6H2,1-3H3,(H,13,15)(H,14,16). The molecule has 1 aromatic rings. The van der Waals surface area contributed by atoms with E-state index in [1.165, 1.54) is 0 Å². The number of anilines is 1. The van der Waals surface area contributed by atoms with Gasteiger partial charge in [-0.1, -0.05) is 18.5 Å². The molecule has 0 aromatic carbocycles. The number of pyridine rings is 1. The summed E-state index contributed by atoms with van der Waals surface area (Å²) in [6.45, 7) is 2.64. The van der Waals surface area contributed by atoms with Crippen LogP contribution in [0.15, 0.2) is 12.1 Å². The van der Waals surface area contributed by atoms with Gasteiger partial charge >= 0.3 is 0 Å². The first-order chi connectivity index (χ1) is 8.08. The van der Waals surface area contributed by atoms with Crippen LogP contribution in [0.4, 0.5) is 5.82 Å². The van der Waals surface area contributed by atoms with Crippen LogP contribution in [0.2, 0.25) is 5.02 Å². The van der Waals surface area contributed by atoms with E-state index < -0.39 is 0 Å². The highest BCUT2D eigenvalue weighted by atomic mass is 35.5. The summed E-state index contributed by atoms with van der Waals surface area (Å²) in [5.41, 5.74) is 0.256. The van der Waals surface area contributed by atoms with E-state index in [2.05, 4.69) is 15.6 Å². The summed E-state index contributed by atoms with van der Waals surface area (Å²) in [6, 6.07) is 3.39. The summed E-state index contributed by atoms with van der Waals surface area (Å²) in [5, 5.41) is 6.40. The van der Waals surface area contributed by atoms with E-state index in [1.54, 1.807) is 30.9 Å². The molecule has 2 N–H and O–H groups in total. The number of carbonyl (C=O) groups excluding carboxylic acids is 1. The van der Waals surface area contributed by atoms with Crippen LogP contribution in [0.25, 0.3) is 0 Å². The molecule has 1 amide bonds. The largest absolute Gasteiger partial charge is 0.373 e. The molecule has 0 spiro atoms. The Morgan fingerprint density at radius 1 is 1.59 bits per heavy atom. The van der Waals surface area contributed by atoms with Gasteiger partial charge in [-0.15, -0.1) is 0 Å². The summed E-state index contributed by atoms with van der Waals surface area (Å²) < 4.78 is 0. The van der Waals surface area contributed by atoms with Gasteiger partial charge in [-0.3, -0.25) is 4.79 Å². The summed E-state index contributed by atoms with van der Waals surface area (Å²) in [5.74, 6) is 0.380. The van der Waals surface area contributed by atoms with Crippen LogP contribution in [-0.4, -0.2) is 36.0 Å². The monoisotopic (exact) mass is 273 g/mol. The van der Waals surface area contributed by atoms with Crippen LogP contribution in [-0.2, 0) is 0 Å². The fourth-order valence-electron chi connectivity index (χ4n) is 1.14. The molecule has 0 radical (unpaired) electrons. The van der Waals surface area contributed by atoms with E-state index >= 15 is 0 Å². The van der Waals surface area contributed by atoms with Crippen molar-refractivity contribution in [2.45, 2.75) is 12.2 Å². The highest BCUT2D eigenvalue weighted by Gasteiger charge is 2.13. The quantitative estimate of drug-likeness (QED) is 0.864. The first kappa shape index (κ1) is 14.1. The number of nitrogens with zero attached hydrogens (tertiary/aromatic N) is 1. The summed E-state index contributed by atoms with van der Waals surface area (Å²) >= 11 is 7.63. The van der Waals surface area contributed by atoms with Gasteiger partial charge in [-0.05, 0) is 18.4 Å². The molecule has 1 heterocycles. The molecule has 94 valence electrons. The van der Waals surface area contributed by atoms with Gasteiger partial charge in [0.1, 0.15) is 11.5 Å². The van der Waals surface area contributed by atoms with Crippen molar-refractivity contribution >= 4 is 35.1 Å². The van der Waals surface area contributed by atoms with Gasteiger partial charge in [0.15, 0.2) is 0 Å². The van der Waals surface area contributed by atoms with Crippen LogP contribution in [0.5, 0.6) is 0 Å². The number of thioether (sulfide) groups is 1. The second-order valence-electron chi connectivity index (χ2n) is 3.53. The highest BCUT2D eigenvalue weighted by molar-refractivity contribution is 7.99. The van der Waals surface area contributed by atoms with E-state index in [-0.39, 0.29) is 11.6 Å². The first-order valence-electron chi connectivity index (χ1n) is 5.23. The van der Waals surface area contributed by atoms with Crippen LogP contribution in [0, 0.1) is 0 Å². The van der Waals surface area contributed by atoms with Gasteiger partial charge < -0.3 is 10.6 Å². The molecule has 4 nitrogen and oxygen atoms in total. The lowest BCUT2D eigenvalue weighted by molar-refractivity contribution is 0.0949. The fraction of sp³-hybridized carbons (Fsp3) is 0.455. The molecular weight excluding hydrogens is 258 g/mol. The lowest BCUT2D eigenvalue weighted by atomic mass is 10.3. The lowest BCUT2D eigenvalue weighted by Crippen LogP contribution is -2.30. The molecule has 1 rings (SSSR count). The van der Waals surface area contributed by atoms with Crippen molar-refractivity contribution in [1.29, 1.82) is 0 Å². The minimum Gasteiger partial charge on any atom is -0.373 e. The van der Waals surface area contributed by atoms with Crippen molar-refractivity contribution in [1.82, 2.24) is 10.3 Å². The molecule has 0 aliphatic carbocycles. The molecule has 1 unspecified atom stereocenters. The van der Waals surface area contributed by atoms with Gasteiger partial charge in [0, 0.05) is 18.8 Å². The maximum absolute atomic E-state index is 11.9. The molecule has 0 saturated heterocycles. The van der Waals surface area contributed by atoms with Crippen molar-refractivity contribution < 1.29 is 4.79 Å². The zero-order valence-corrected chi connectivity index (χ0v) is 11.7. The van der Waals surface area contributed by atoms with E-state index in [9.17, 15) is 4.79 Å². The van der Waals surface area contributed by atoms with Crippen molar-refractivity contribution in [2.75, 3.05) is 25.2 Å². The van der Waals surface area contributed by atoms with Gasteiger partial charge in [-0.25, -0.2) is 4.98 Å². The van der Waals surface area contributed by atoms with Gasteiger partial charge in [0.2, 0.25) is 0 Å². The van der Waals surface area contributed by atoms with Crippen LogP contribution in [0.3, 0.4) is 0 Å². The predicted octanol–water partition coefficient (Wildman–Crippen LogP) is 2.26. The minimum atomic E-state index is -0.243. The molecule has 0 bridgehead atoms. The van der Waals surface area contributed by atoms with Crippen molar-refractivity contribution in [3.05, 3.63) is 22.8 Å². The number of halogens is 1. The Morgan fingerprint density at radius 3 is 2.88 bits per heavy atom. The molecule has 0 saturated carbocycles. The number of hydrogen-bond donors (Lipinski definition) is 2.